The van der Waals surface area contributed by atoms with E-state index in [9.17, 15) is 4.79 Å². The average Bonchev–Trinajstić information content (AvgIpc) is 2.36. The molecule has 1 amide bonds. The average molecular weight is 137 g/mol. The highest BCUT2D eigenvalue weighted by Crippen LogP contribution is 1.91. The van der Waals surface area contributed by atoms with Crippen LogP contribution in [0.15, 0.2) is 18.3 Å². The van der Waals surface area contributed by atoms with Gasteiger partial charge in [0.1, 0.15) is 0 Å². The zero-order valence-corrected chi connectivity index (χ0v) is 6.03. The molecule has 3 heteroatoms. The Kier molecular flexibility index (Phi) is 1.76. The maximum absolute atomic E-state index is 11.1. The number of carbonyl (C=O) groups is 1. The van der Waals surface area contributed by atoms with Gasteiger partial charge in [0.15, 0.2) is 0 Å². The third kappa shape index (κ3) is 1.18. The van der Waals surface area contributed by atoms with Crippen LogP contribution >= 0.6 is 0 Å². The van der Waals surface area contributed by atoms with Gasteiger partial charge in [-0.2, -0.15) is 0 Å². The lowest BCUT2D eigenvalue weighted by Gasteiger charge is -2.09. The Morgan fingerprint density at radius 3 is 2.70 bits per heavy atom. The van der Waals surface area contributed by atoms with Crippen LogP contribution in [0.25, 0.3) is 0 Å². The van der Waals surface area contributed by atoms with Crippen LogP contribution in [0.3, 0.4) is 0 Å². The summed E-state index contributed by atoms with van der Waals surface area (Å²) in [6.45, 7) is 0. The Morgan fingerprint density at radius 1 is 1.60 bits per heavy atom. The Hall–Kier alpha value is -1.25. The molecular formula is C7H9N2O. The highest BCUT2D eigenvalue weighted by atomic mass is 16.2. The first-order valence-electron chi connectivity index (χ1n) is 2.98. The van der Waals surface area contributed by atoms with Crippen molar-refractivity contribution in [2.45, 2.75) is 0 Å². The summed E-state index contributed by atoms with van der Waals surface area (Å²) in [5, 5.41) is 0. The molecule has 1 aromatic heterocycles. The molecule has 1 radical (unpaired) electrons. The number of rotatable bonds is 0. The molecule has 0 N–H and O–H groups in total. The monoisotopic (exact) mass is 137 g/mol. The summed E-state index contributed by atoms with van der Waals surface area (Å²) in [4.78, 5) is 12.6. The molecular weight excluding hydrogens is 128 g/mol. The zero-order valence-electron chi connectivity index (χ0n) is 6.03. The number of amides is 1. The summed E-state index contributed by atoms with van der Waals surface area (Å²) >= 11 is 0. The highest BCUT2D eigenvalue weighted by Gasteiger charge is 2.03. The van der Waals surface area contributed by atoms with E-state index in [0.717, 1.165) is 0 Å². The Morgan fingerprint density at radius 2 is 2.30 bits per heavy atom. The summed E-state index contributed by atoms with van der Waals surface area (Å²) in [5.74, 6) is 0. The van der Waals surface area contributed by atoms with Gasteiger partial charge in [0.05, 0.1) is 6.20 Å². The standard InChI is InChI=1S/C7H9N2O/c1-8(2)7(10)9-5-3-4-6-9/h3-5H,1-2H3. The van der Waals surface area contributed by atoms with Gasteiger partial charge in [-0.25, -0.2) is 4.79 Å². The van der Waals surface area contributed by atoms with Crippen molar-refractivity contribution < 1.29 is 4.79 Å². The molecule has 0 bridgehead atoms. The van der Waals surface area contributed by atoms with Crippen molar-refractivity contribution in [3.05, 3.63) is 24.5 Å². The number of carbonyl (C=O) groups excluding carboxylic acids is 1. The van der Waals surface area contributed by atoms with Crippen LogP contribution in [-0.4, -0.2) is 29.6 Å². The molecule has 0 aliphatic rings. The Balaban J connectivity index is 2.78. The van der Waals surface area contributed by atoms with Crippen LogP contribution in [0.1, 0.15) is 0 Å². The first-order valence-corrected chi connectivity index (χ1v) is 2.98. The van der Waals surface area contributed by atoms with Crippen LogP contribution in [-0.2, 0) is 0 Å². The molecule has 0 unspecified atom stereocenters. The van der Waals surface area contributed by atoms with Crippen molar-refractivity contribution in [2.75, 3.05) is 14.1 Å². The predicted molar refractivity (Wildman–Crippen MR) is 37.7 cm³/mol. The molecule has 1 aromatic rings. The molecule has 0 aliphatic heterocycles. The minimum atomic E-state index is -0.0787. The topological polar surface area (TPSA) is 25.2 Å². The van der Waals surface area contributed by atoms with Crippen LogP contribution in [0, 0.1) is 6.20 Å². The lowest BCUT2D eigenvalue weighted by Crippen LogP contribution is -2.26. The second-order valence-corrected chi connectivity index (χ2v) is 2.18. The smallest absolute Gasteiger partial charge is 0.328 e. The van der Waals surface area contributed by atoms with E-state index >= 15 is 0 Å². The van der Waals surface area contributed by atoms with E-state index in [4.69, 9.17) is 0 Å². The van der Waals surface area contributed by atoms with E-state index in [-0.39, 0.29) is 6.03 Å². The first-order chi connectivity index (χ1) is 4.72. The largest absolute Gasteiger partial charge is 0.330 e. The molecule has 1 heterocycles. The van der Waals surface area contributed by atoms with Crippen LogP contribution in [0.5, 0.6) is 0 Å². The Bertz CT molecular complexity index is 214. The minimum absolute atomic E-state index is 0.0787. The molecule has 0 atom stereocenters. The number of hydrogen-bond acceptors (Lipinski definition) is 1. The highest BCUT2D eigenvalue weighted by molar-refractivity contribution is 5.76. The number of aromatic nitrogens is 1. The maximum atomic E-state index is 11.1. The number of nitrogens with zero attached hydrogens (tertiary/aromatic N) is 2. The van der Waals surface area contributed by atoms with Crippen LogP contribution in [0.4, 0.5) is 4.79 Å². The summed E-state index contributed by atoms with van der Waals surface area (Å²) in [5.41, 5.74) is 0. The predicted octanol–water partition coefficient (Wildman–Crippen LogP) is 0.818. The van der Waals surface area contributed by atoms with Crippen LogP contribution < -0.4 is 0 Å². The van der Waals surface area contributed by atoms with E-state index in [1.165, 1.54) is 9.47 Å². The molecule has 53 valence electrons. The quantitative estimate of drug-likeness (QED) is 0.519. The fraction of sp³-hybridized carbons (Fsp3) is 0.286. The van der Waals surface area contributed by atoms with Gasteiger partial charge in [-0.1, -0.05) is 0 Å². The van der Waals surface area contributed by atoms with Crippen molar-refractivity contribution in [3.63, 3.8) is 0 Å². The van der Waals surface area contributed by atoms with Crippen molar-refractivity contribution in [1.29, 1.82) is 0 Å². The molecule has 0 aromatic carbocycles. The molecule has 10 heavy (non-hydrogen) atoms. The van der Waals surface area contributed by atoms with Gasteiger partial charge in [0.2, 0.25) is 0 Å². The lowest BCUT2D eigenvalue weighted by atomic mass is 10.7. The summed E-state index contributed by atoms with van der Waals surface area (Å²) in [6.07, 6.45) is 4.41. The van der Waals surface area contributed by atoms with Gasteiger partial charge in [0.25, 0.3) is 0 Å². The third-order valence-electron chi connectivity index (χ3n) is 1.13. The third-order valence-corrected chi connectivity index (χ3v) is 1.13. The minimum Gasteiger partial charge on any atom is -0.330 e. The summed E-state index contributed by atoms with van der Waals surface area (Å²) in [7, 11) is 3.41. The summed E-state index contributed by atoms with van der Waals surface area (Å²) in [6, 6.07) is 3.38. The van der Waals surface area contributed by atoms with Crippen molar-refractivity contribution in [3.8, 4) is 0 Å². The molecule has 0 fully saturated rings. The van der Waals surface area contributed by atoms with E-state index in [1.807, 2.05) is 0 Å². The second kappa shape index (κ2) is 2.56. The van der Waals surface area contributed by atoms with Gasteiger partial charge in [-0.3, -0.25) is 4.57 Å². The Labute approximate surface area is 59.9 Å². The van der Waals surface area contributed by atoms with Gasteiger partial charge in [-0.05, 0) is 12.1 Å². The zero-order chi connectivity index (χ0) is 7.56. The molecule has 3 nitrogen and oxygen atoms in total. The van der Waals surface area contributed by atoms with Gasteiger partial charge in [-0.15, -0.1) is 0 Å². The molecule has 0 saturated heterocycles. The molecule has 1 rings (SSSR count). The SMILES string of the molecule is CN(C)C(=O)n1[c]ccc1. The second-order valence-electron chi connectivity index (χ2n) is 2.18. The number of hydrogen-bond donors (Lipinski definition) is 0. The van der Waals surface area contributed by atoms with E-state index in [0.29, 0.717) is 0 Å². The fourth-order valence-electron chi connectivity index (χ4n) is 0.630. The van der Waals surface area contributed by atoms with Crippen LogP contribution in [0.2, 0.25) is 0 Å². The first kappa shape index (κ1) is 6.86. The molecule has 0 saturated carbocycles. The maximum Gasteiger partial charge on any atom is 0.328 e. The van der Waals surface area contributed by atoms with E-state index < -0.39 is 0 Å². The normalized spacial score (nSPS) is 9.40. The van der Waals surface area contributed by atoms with Gasteiger partial charge in [0, 0.05) is 20.3 Å². The fourth-order valence-corrected chi connectivity index (χ4v) is 0.630. The van der Waals surface area contributed by atoms with E-state index in [2.05, 4.69) is 6.20 Å². The van der Waals surface area contributed by atoms with Gasteiger partial charge < -0.3 is 4.90 Å². The van der Waals surface area contributed by atoms with Crippen molar-refractivity contribution in [2.24, 2.45) is 0 Å². The van der Waals surface area contributed by atoms with Crippen molar-refractivity contribution >= 4 is 6.03 Å². The van der Waals surface area contributed by atoms with E-state index in [1.54, 1.807) is 32.4 Å². The van der Waals surface area contributed by atoms with Crippen molar-refractivity contribution in [1.82, 2.24) is 9.47 Å². The lowest BCUT2D eigenvalue weighted by molar-refractivity contribution is 0.219. The molecule has 0 spiro atoms. The summed E-state index contributed by atoms with van der Waals surface area (Å²) < 4.78 is 1.40. The van der Waals surface area contributed by atoms with Gasteiger partial charge >= 0.3 is 6.03 Å². The molecule has 0 aliphatic carbocycles.